The van der Waals surface area contributed by atoms with Crippen LogP contribution in [0.1, 0.15) is 54.4 Å². The highest BCUT2D eigenvalue weighted by molar-refractivity contribution is 7.91. The lowest BCUT2D eigenvalue weighted by molar-refractivity contribution is -0.140. The normalized spacial score (nSPS) is 19.9. The van der Waals surface area contributed by atoms with Crippen molar-refractivity contribution in [2.45, 2.75) is 57.2 Å². The molecule has 2 aromatic rings. The molecule has 182 valence electrons. The van der Waals surface area contributed by atoms with E-state index in [1.165, 1.54) is 0 Å². The van der Waals surface area contributed by atoms with Gasteiger partial charge in [0, 0.05) is 12.1 Å². The number of hydrogen-bond donors (Lipinski definition) is 0. The zero-order chi connectivity index (χ0) is 24.0. The third kappa shape index (κ3) is 6.38. The lowest BCUT2D eigenvalue weighted by atomic mass is 9.93. The van der Waals surface area contributed by atoms with Gasteiger partial charge in [-0.05, 0) is 49.1 Å². The van der Waals surface area contributed by atoms with Crippen LogP contribution in [0.4, 0.5) is 0 Å². The first-order chi connectivity index (χ1) is 16.4. The van der Waals surface area contributed by atoms with Crippen LogP contribution in [0.2, 0.25) is 0 Å². The molecule has 2 aromatic carbocycles. The summed E-state index contributed by atoms with van der Waals surface area (Å²) in [6.45, 7) is 0.0329. The van der Waals surface area contributed by atoms with E-state index in [0.717, 1.165) is 37.7 Å². The average molecular weight is 486 g/mol. The molecule has 7 nitrogen and oxygen atoms in total. The maximum Gasteiger partial charge on any atom is 0.338 e. The van der Waals surface area contributed by atoms with Crippen molar-refractivity contribution in [3.63, 3.8) is 0 Å². The molecule has 8 heteroatoms. The number of carbonyl (C=O) groups excluding carboxylic acids is 2. The molecule has 0 bridgehead atoms. The number of rotatable bonds is 8. The molecular weight excluding hydrogens is 454 g/mol. The Labute approximate surface area is 201 Å². The minimum Gasteiger partial charge on any atom is -0.489 e. The molecule has 0 N–H and O–H groups in total. The van der Waals surface area contributed by atoms with Crippen LogP contribution in [0.25, 0.3) is 0 Å². The molecule has 2 fully saturated rings. The highest BCUT2D eigenvalue weighted by Crippen LogP contribution is 2.28. The number of ether oxygens (including phenoxy) is 2. The number of amides is 1. The van der Waals surface area contributed by atoms with Crippen molar-refractivity contribution < 1.29 is 27.5 Å². The van der Waals surface area contributed by atoms with Gasteiger partial charge in [0.1, 0.15) is 12.4 Å². The molecule has 0 aromatic heterocycles. The monoisotopic (exact) mass is 485 g/mol. The van der Waals surface area contributed by atoms with E-state index in [2.05, 4.69) is 0 Å². The summed E-state index contributed by atoms with van der Waals surface area (Å²) < 4.78 is 35.1. The molecule has 0 radical (unpaired) electrons. The highest BCUT2D eigenvalue weighted by atomic mass is 32.2. The fraction of sp³-hybridized carbons (Fsp3) is 0.462. The van der Waals surface area contributed by atoms with Gasteiger partial charge in [-0.3, -0.25) is 4.79 Å². The summed E-state index contributed by atoms with van der Waals surface area (Å²) in [6, 6.07) is 16.1. The third-order valence-corrected chi connectivity index (χ3v) is 8.27. The number of sulfone groups is 1. The summed E-state index contributed by atoms with van der Waals surface area (Å²) in [5.41, 5.74) is 1.37. The van der Waals surface area contributed by atoms with Gasteiger partial charge >= 0.3 is 5.97 Å². The molecule has 2 aliphatic rings. The summed E-state index contributed by atoms with van der Waals surface area (Å²) >= 11 is 0. The number of carbonyl (C=O) groups is 2. The molecule has 0 spiro atoms. The van der Waals surface area contributed by atoms with Crippen molar-refractivity contribution in [2.24, 2.45) is 0 Å². The summed E-state index contributed by atoms with van der Waals surface area (Å²) in [5.74, 6) is -0.182. The van der Waals surface area contributed by atoms with E-state index in [0.29, 0.717) is 24.3 Å². The maximum absolute atomic E-state index is 13.1. The van der Waals surface area contributed by atoms with Gasteiger partial charge in [-0.15, -0.1) is 0 Å². The Kier molecular flexibility index (Phi) is 7.88. The zero-order valence-electron chi connectivity index (χ0n) is 19.2. The van der Waals surface area contributed by atoms with E-state index in [1.54, 1.807) is 29.2 Å². The standard InChI is InChI=1S/C26H31NO6S/c28-25(27(22-9-5-2-6-10-22)23-15-16-34(30,31)19-23)18-33-26(29)21-11-13-24(14-12-21)32-17-20-7-3-1-4-8-20/h1,3-4,7-8,11-14,22-23H,2,5-6,9-10,15-19H2. The van der Waals surface area contributed by atoms with Crippen molar-refractivity contribution >= 4 is 21.7 Å². The molecule has 4 rings (SSSR count). The second-order valence-electron chi connectivity index (χ2n) is 9.02. The Morgan fingerprint density at radius 2 is 1.59 bits per heavy atom. The largest absolute Gasteiger partial charge is 0.489 e. The van der Waals surface area contributed by atoms with Crippen LogP contribution in [0.15, 0.2) is 54.6 Å². The Morgan fingerprint density at radius 3 is 2.24 bits per heavy atom. The van der Waals surface area contributed by atoms with E-state index in [1.807, 2.05) is 30.3 Å². The Bertz CT molecular complexity index is 1080. The van der Waals surface area contributed by atoms with Gasteiger partial charge in [-0.2, -0.15) is 0 Å². The van der Waals surface area contributed by atoms with E-state index >= 15 is 0 Å². The first kappa shape index (κ1) is 24.3. The molecule has 1 aliphatic carbocycles. The lowest BCUT2D eigenvalue weighted by Gasteiger charge is -2.38. The van der Waals surface area contributed by atoms with Gasteiger partial charge in [-0.25, -0.2) is 13.2 Å². The van der Waals surface area contributed by atoms with Gasteiger partial charge in [0.05, 0.1) is 17.1 Å². The van der Waals surface area contributed by atoms with Gasteiger partial charge in [0.25, 0.3) is 5.91 Å². The predicted molar refractivity (Wildman–Crippen MR) is 128 cm³/mol. The summed E-state index contributed by atoms with van der Waals surface area (Å²) in [6.07, 6.45) is 5.34. The summed E-state index contributed by atoms with van der Waals surface area (Å²) in [5, 5.41) is 0. The van der Waals surface area contributed by atoms with Crippen LogP contribution in [-0.2, 0) is 26.0 Å². The lowest BCUT2D eigenvalue weighted by Crippen LogP contribution is -2.50. The summed E-state index contributed by atoms with van der Waals surface area (Å²) in [7, 11) is -3.13. The molecule has 1 saturated carbocycles. The molecule has 1 unspecified atom stereocenters. The minimum atomic E-state index is -3.13. The van der Waals surface area contributed by atoms with Gasteiger partial charge in [0.2, 0.25) is 0 Å². The van der Waals surface area contributed by atoms with Crippen LogP contribution < -0.4 is 4.74 Å². The van der Waals surface area contributed by atoms with Crippen LogP contribution >= 0.6 is 0 Å². The second kappa shape index (κ2) is 11.0. The third-order valence-electron chi connectivity index (χ3n) is 6.52. The van der Waals surface area contributed by atoms with Crippen molar-refractivity contribution in [1.82, 2.24) is 4.90 Å². The topological polar surface area (TPSA) is 90.0 Å². The van der Waals surface area contributed by atoms with Gasteiger partial charge in [0.15, 0.2) is 16.4 Å². The molecule has 1 amide bonds. The number of esters is 1. The molecule has 1 atom stereocenters. The first-order valence-corrected chi connectivity index (χ1v) is 13.7. The Balaban J connectivity index is 1.33. The average Bonchev–Trinajstić information content (AvgIpc) is 3.22. The number of nitrogens with zero attached hydrogens (tertiary/aromatic N) is 1. The van der Waals surface area contributed by atoms with Crippen LogP contribution in [-0.4, -0.2) is 55.4 Å². The fourth-order valence-corrected chi connectivity index (χ4v) is 6.48. The molecule has 34 heavy (non-hydrogen) atoms. The zero-order valence-corrected chi connectivity index (χ0v) is 20.0. The Hall–Kier alpha value is -2.87. The highest BCUT2D eigenvalue weighted by Gasteiger charge is 2.38. The van der Waals surface area contributed by atoms with Gasteiger partial charge in [-0.1, -0.05) is 49.6 Å². The summed E-state index contributed by atoms with van der Waals surface area (Å²) in [4.78, 5) is 27.3. The van der Waals surface area contributed by atoms with E-state index in [4.69, 9.17) is 9.47 Å². The van der Waals surface area contributed by atoms with Crippen LogP contribution in [0.5, 0.6) is 5.75 Å². The predicted octanol–water partition coefficient (Wildman–Crippen LogP) is 3.77. The Morgan fingerprint density at radius 1 is 0.882 bits per heavy atom. The fourth-order valence-electron chi connectivity index (χ4n) is 4.77. The van der Waals surface area contributed by atoms with E-state index in [9.17, 15) is 18.0 Å². The van der Waals surface area contributed by atoms with E-state index < -0.39 is 22.4 Å². The molecular formula is C26H31NO6S. The quantitative estimate of drug-likeness (QED) is 0.529. The van der Waals surface area contributed by atoms with Gasteiger partial charge < -0.3 is 14.4 Å². The van der Waals surface area contributed by atoms with Crippen LogP contribution in [0.3, 0.4) is 0 Å². The van der Waals surface area contributed by atoms with E-state index in [-0.39, 0.29) is 29.5 Å². The molecule has 1 saturated heterocycles. The molecule has 1 heterocycles. The maximum atomic E-state index is 13.1. The van der Waals surface area contributed by atoms with Crippen molar-refractivity contribution in [2.75, 3.05) is 18.1 Å². The smallest absolute Gasteiger partial charge is 0.338 e. The van der Waals surface area contributed by atoms with Crippen molar-refractivity contribution in [3.8, 4) is 5.75 Å². The first-order valence-electron chi connectivity index (χ1n) is 11.9. The minimum absolute atomic E-state index is 0.00632. The molecule has 1 aliphatic heterocycles. The second-order valence-corrected chi connectivity index (χ2v) is 11.3. The number of hydrogen-bond acceptors (Lipinski definition) is 6. The van der Waals surface area contributed by atoms with Crippen LogP contribution in [0, 0.1) is 0 Å². The van der Waals surface area contributed by atoms with Crippen molar-refractivity contribution in [1.29, 1.82) is 0 Å². The SMILES string of the molecule is O=C(OCC(=O)N(C1CCCCC1)C1CCS(=O)(=O)C1)c1ccc(OCc2ccccc2)cc1. The van der Waals surface area contributed by atoms with Crippen molar-refractivity contribution in [3.05, 3.63) is 65.7 Å². The number of benzene rings is 2.